The van der Waals surface area contributed by atoms with E-state index in [1.54, 1.807) is 0 Å². The molecule has 0 spiro atoms. The van der Waals surface area contributed by atoms with Crippen LogP contribution in [0.3, 0.4) is 0 Å². The molecule has 2 aliphatic rings. The summed E-state index contributed by atoms with van der Waals surface area (Å²) in [5.74, 6) is -0.161. The minimum Gasteiger partial charge on any atom is -0.395 e. The molecule has 1 saturated heterocycles. The van der Waals surface area contributed by atoms with Crippen molar-refractivity contribution in [3.63, 3.8) is 0 Å². The topological polar surface area (TPSA) is 62.8 Å². The van der Waals surface area contributed by atoms with Crippen molar-refractivity contribution >= 4 is 11.7 Å². The van der Waals surface area contributed by atoms with E-state index < -0.39 is 6.29 Å². The number of urea groups is 1. The van der Waals surface area contributed by atoms with Gasteiger partial charge in [0.25, 0.3) is 0 Å². The molecule has 27 heavy (non-hydrogen) atoms. The summed E-state index contributed by atoms with van der Waals surface area (Å²) in [6, 6.07) is 14.0. The Labute approximate surface area is 155 Å². The van der Waals surface area contributed by atoms with Crippen molar-refractivity contribution < 1.29 is 23.0 Å². The summed E-state index contributed by atoms with van der Waals surface area (Å²) in [6.07, 6.45) is -2.82. The minimum absolute atomic E-state index is 0.0343. The quantitative estimate of drug-likeness (QED) is 0.860. The average Bonchev–Trinajstić information content (AvgIpc) is 3.17. The maximum atomic E-state index is 13.0. The molecule has 8 heteroatoms. The summed E-state index contributed by atoms with van der Waals surface area (Å²) in [5, 5.41) is 5.56. The number of alkyl halides is 2. The number of anilines is 1. The molecule has 2 aromatic carbocycles. The Hall–Kier alpha value is -2.87. The van der Waals surface area contributed by atoms with Crippen LogP contribution in [0.1, 0.15) is 12.0 Å². The van der Waals surface area contributed by atoms with Crippen LogP contribution in [0.5, 0.6) is 11.5 Å². The highest BCUT2D eigenvalue weighted by Crippen LogP contribution is 2.42. The van der Waals surface area contributed by atoms with Gasteiger partial charge in [0.2, 0.25) is 0 Å². The molecule has 2 N–H and O–H groups in total. The van der Waals surface area contributed by atoms with Gasteiger partial charge in [-0.05, 0) is 24.1 Å². The smallest absolute Gasteiger partial charge is 0.395 e. The third kappa shape index (κ3) is 4.28. The van der Waals surface area contributed by atoms with Crippen LogP contribution in [-0.2, 0) is 6.54 Å². The summed E-state index contributed by atoms with van der Waals surface area (Å²) in [5.41, 5.74) is 1.59. The first-order valence-electron chi connectivity index (χ1n) is 8.70. The summed E-state index contributed by atoms with van der Waals surface area (Å²) in [7, 11) is 0. The van der Waals surface area contributed by atoms with Crippen molar-refractivity contribution in [3.05, 3.63) is 54.1 Å². The van der Waals surface area contributed by atoms with Crippen LogP contribution in [-0.4, -0.2) is 36.4 Å². The van der Waals surface area contributed by atoms with E-state index in [9.17, 15) is 13.6 Å². The Morgan fingerprint density at radius 2 is 1.93 bits per heavy atom. The first kappa shape index (κ1) is 17.5. The molecule has 2 aromatic rings. The molecule has 0 aliphatic carbocycles. The number of nitrogens with one attached hydrogen (secondary N) is 2. The highest BCUT2D eigenvalue weighted by molar-refractivity contribution is 5.89. The van der Waals surface area contributed by atoms with E-state index in [0.717, 1.165) is 26.1 Å². The Kier molecular flexibility index (Phi) is 4.57. The molecular weight excluding hydrogens is 356 g/mol. The van der Waals surface area contributed by atoms with Gasteiger partial charge in [0.1, 0.15) is 0 Å². The standard InChI is InChI=1S/C19H19F2N3O3/c20-19(21)26-16-7-6-14(10-17(16)27-19)22-18(25)23-15-8-9-24(12-15)11-13-4-2-1-3-5-13/h1-7,10,15H,8-9,11-12H2,(H2,22,23,25)/t15-/m1/s1. The lowest BCUT2D eigenvalue weighted by atomic mass is 10.2. The summed E-state index contributed by atoms with van der Waals surface area (Å²) in [4.78, 5) is 14.5. The van der Waals surface area contributed by atoms with Crippen LogP contribution in [0.15, 0.2) is 48.5 Å². The number of ether oxygens (including phenoxy) is 2. The number of rotatable bonds is 4. The van der Waals surface area contributed by atoms with Crippen LogP contribution < -0.4 is 20.1 Å². The average molecular weight is 375 g/mol. The molecule has 2 aliphatic heterocycles. The van der Waals surface area contributed by atoms with Gasteiger partial charge in [-0.3, -0.25) is 4.90 Å². The zero-order valence-corrected chi connectivity index (χ0v) is 14.5. The summed E-state index contributed by atoms with van der Waals surface area (Å²) >= 11 is 0. The molecule has 4 rings (SSSR count). The predicted molar refractivity (Wildman–Crippen MR) is 94.9 cm³/mol. The van der Waals surface area contributed by atoms with Crippen molar-refractivity contribution in [1.29, 1.82) is 0 Å². The Balaban J connectivity index is 1.28. The lowest BCUT2D eigenvalue weighted by Gasteiger charge is -2.17. The second-order valence-corrected chi connectivity index (χ2v) is 6.63. The third-order valence-corrected chi connectivity index (χ3v) is 4.52. The number of carbonyl (C=O) groups excluding carboxylic acids is 1. The van der Waals surface area contributed by atoms with Gasteiger partial charge in [0.15, 0.2) is 11.5 Å². The monoisotopic (exact) mass is 375 g/mol. The molecule has 0 saturated carbocycles. The van der Waals surface area contributed by atoms with E-state index >= 15 is 0 Å². The lowest BCUT2D eigenvalue weighted by molar-refractivity contribution is -0.286. The number of hydrogen-bond donors (Lipinski definition) is 2. The molecule has 0 radical (unpaired) electrons. The van der Waals surface area contributed by atoms with Crippen molar-refractivity contribution in [3.8, 4) is 11.5 Å². The fourth-order valence-corrected chi connectivity index (χ4v) is 3.32. The first-order chi connectivity index (χ1) is 13.0. The molecule has 2 heterocycles. The van der Waals surface area contributed by atoms with Gasteiger partial charge in [-0.1, -0.05) is 30.3 Å². The zero-order chi connectivity index (χ0) is 18.9. The Morgan fingerprint density at radius 1 is 1.15 bits per heavy atom. The predicted octanol–water partition coefficient (Wildman–Crippen LogP) is 3.40. The van der Waals surface area contributed by atoms with Crippen molar-refractivity contribution in [2.75, 3.05) is 18.4 Å². The fraction of sp³-hybridized carbons (Fsp3) is 0.316. The number of likely N-dealkylation sites (tertiary alicyclic amines) is 1. The number of amides is 2. The van der Waals surface area contributed by atoms with Gasteiger partial charge >= 0.3 is 12.3 Å². The Bertz CT molecular complexity index is 832. The Morgan fingerprint density at radius 3 is 2.74 bits per heavy atom. The van der Waals surface area contributed by atoms with E-state index in [0.29, 0.717) is 5.69 Å². The third-order valence-electron chi connectivity index (χ3n) is 4.52. The molecule has 6 nitrogen and oxygen atoms in total. The van der Waals surface area contributed by atoms with Crippen LogP contribution in [0.4, 0.5) is 19.3 Å². The largest absolute Gasteiger partial charge is 0.586 e. The maximum Gasteiger partial charge on any atom is 0.586 e. The van der Waals surface area contributed by atoms with Gasteiger partial charge in [-0.15, -0.1) is 8.78 Å². The van der Waals surface area contributed by atoms with E-state index in [2.05, 4.69) is 37.1 Å². The zero-order valence-electron chi connectivity index (χ0n) is 14.5. The molecule has 1 fully saturated rings. The first-order valence-corrected chi connectivity index (χ1v) is 8.70. The number of carbonyl (C=O) groups is 1. The fourth-order valence-electron chi connectivity index (χ4n) is 3.32. The lowest BCUT2D eigenvalue weighted by Crippen LogP contribution is -2.39. The molecule has 142 valence electrons. The van der Waals surface area contributed by atoms with Gasteiger partial charge in [-0.25, -0.2) is 4.79 Å². The minimum atomic E-state index is -3.67. The number of halogens is 2. The molecule has 2 amide bonds. The second-order valence-electron chi connectivity index (χ2n) is 6.63. The highest BCUT2D eigenvalue weighted by Gasteiger charge is 2.43. The van der Waals surface area contributed by atoms with Crippen molar-refractivity contribution in [1.82, 2.24) is 10.2 Å². The van der Waals surface area contributed by atoms with Crippen LogP contribution in [0.25, 0.3) is 0 Å². The van der Waals surface area contributed by atoms with Crippen molar-refractivity contribution in [2.45, 2.75) is 25.3 Å². The van der Waals surface area contributed by atoms with Gasteiger partial charge in [0.05, 0.1) is 0 Å². The van der Waals surface area contributed by atoms with Gasteiger partial charge in [-0.2, -0.15) is 0 Å². The highest BCUT2D eigenvalue weighted by atomic mass is 19.3. The normalized spacial score (nSPS) is 20.4. The van der Waals surface area contributed by atoms with E-state index in [1.807, 2.05) is 18.2 Å². The summed E-state index contributed by atoms with van der Waals surface area (Å²) < 4.78 is 34.8. The second kappa shape index (κ2) is 7.03. The molecule has 0 bridgehead atoms. The molecule has 0 aromatic heterocycles. The number of fused-ring (bicyclic) bond motifs is 1. The number of nitrogens with zero attached hydrogens (tertiary/aromatic N) is 1. The van der Waals surface area contributed by atoms with Crippen LogP contribution in [0, 0.1) is 0 Å². The SMILES string of the molecule is O=C(Nc1ccc2c(c1)OC(F)(F)O2)N[C@@H]1CCN(Cc2ccccc2)C1. The molecule has 0 unspecified atom stereocenters. The van der Waals surface area contributed by atoms with Crippen LogP contribution >= 0.6 is 0 Å². The summed E-state index contributed by atoms with van der Waals surface area (Å²) in [6.45, 7) is 2.51. The molecule has 1 atom stereocenters. The van der Waals surface area contributed by atoms with Gasteiger partial charge < -0.3 is 20.1 Å². The van der Waals surface area contributed by atoms with E-state index in [1.165, 1.54) is 23.8 Å². The maximum absolute atomic E-state index is 13.0. The van der Waals surface area contributed by atoms with E-state index in [4.69, 9.17) is 0 Å². The number of hydrogen-bond acceptors (Lipinski definition) is 4. The molecular formula is C19H19F2N3O3. The van der Waals surface area contributed by atoms with Gasteiger partial charge in [0, 0.05) is 37.4 Å². The van der Waals surface area contributed by atoms with Crippen LogP contribution in [0.2, 0.25) is 0 Å². The number of benzene rings is 2. The van der Waals surface area contributed by atoms with Crippen molar-refractivity contribution in [2.24, 2.45) is 0 Å². The van der Waals surface area contributed by atoms with E-state index in [-0.39, 0.29) is 23.6 Å².